The second-order valence-corrected chi connectivity index (χ2v) is 0.575. The van der Waals surface area contributed by atoms with Crippen molar-refractivity contribution in [3.63, 3.8) is 0 Å². The van der Waals surface area contributed by atoms with Crippen LogP contribution in [0.1, 0.15) is 16.2 Å². The second kappa shape index (κ2) is 8.94. The van der Waals surface area contributed by atoms with E-state index in [1.165, 1.54) is 0 Å². The molecular weight excluding hydrogens is 140 g/mol. The normalized spacial score (nSPS) is 5.00. The molecule has 0 aromatic heterocycles. The molecule has 0 spiro atoms. The Morgan fingerprint density at radius 2 is 2.20 bits per heavy atom. The Morgan fingerprint density at radius 1 is 2.00 bits per heavy atom. The Kier molecular flexibility index (Phi) is 16.9. The van der Waals surface area contributed by atoms with E-state index in [-0.39, 0.29) is 48.3 Å². The van der Waals surface area contributed by atoms with Crippen LogP contribution in [0.4, 0.5) is 0 Å². The summed E-state index contributed by atoms with van der Waals surface area (Å²) in [5.41, 5.74) is 0. The Labute approximate surface area is 72.0 Å². The van der Waals surface area contributed by atoms with E-state index in [9.17, 15) is 4.79 Å². The van der Waals surface area contributed by atoms with Crippen molar-refractivity contribution in [2.24, 2.45) is 0 Å². The summed E-state index contributed by atoms with van der Waals surface area (Å²) >= 11 is 0. The van der Waals surface area contributed by atoms with Crippen molar-refractivity contribution in [2.75, 3.05) is 0 Å². The van der Waals surface area contributed by atoms with Gasteiger partial charge in [0.1, 0.15) is 6.29 Å². The van der Waals surface area contributed by atoms with Gasteiger partial charge < -0.3 is 7.65 Å². The summed E-state index contributed by atoms with van der Waals surface area (Å²) in [7, 11) is 0. The molecule has 0 aliphatic carbocycles. The van der Waals surface area contributed by atoms with Crippen LogP contribution in [-0.4, -0.2) is 51.8 Å². The minimum atomic E-state index is 0. The zero-order chi connectivity index (χ0) is 3.41. The van der Waals surface area contributed by atoms with Crippen molar-refractivity contribution >= 4 is 51.8 Å². The molecule has 28 valence electrons. The van der Waals surface area contributed by atoms with Crippen molar-refractivity contribution < 1.29 is 7.65 Å². The van der Waals surface area contributed by atoms with E-state index in [0.717, 1.165) is 6.29 Å². The summed E-state index contributed by atoms with van der Waals surface area (Å²) in [6.45, 7) is 1.81. The molecule has 0 saturated heterocycles. The summed E-state index contributed by atoms with van der Waals surface area (Å²) in [5.74, 6) is 0. The second-order valence-electron chi connectivity index (χ2n) is 0.575. The molecule has 0 bridgehead atoms. The molecule has 5 heavy (non-hydrogen) atoms. The fourth-order valence-electron chi connectivity index (χ4n) is 0. The minimum absolute atomic E-state index is 0. The molecule has 0 aliphatic rings. The fourth-order valence-corrected chi connectivity index (χ4v) is 0. The molecule has 0 aromatic carbocycles. The molecule has 0 N–H and O–H groups in total. The van der Waals surface area contributed by atoms with Crippen molar-refractivity contribution in [1.82, 2.24) is 0 Å². The quantitative estimate of drug-likeness (QED) is 0.389. The maximum Gasteiger partial charge on any atom is 2.00 e. The number of aldehydes is 1. The summed E-state index contributed by atoms with van der Waals surface area (Å²) in [4.78, 5) is 9.17. The fraction of sp³-hybridized carbons (Fsp3) is 0.667. The van der Waals surface area contributed by atoms with Gasteiger partial charge in [0.05, 0.1) is 0 Å². The Balaban J connectivity index is -0.0000000150. The summed E-state index contributed by atoms with van der Waals surface area (Å²) in [6, 6.07) is 0. The largest absolute Gasteiger partial charge is 2.00 e. The average molecular weight is 148 g/mol. The molecule has 0 rings (SSSR count). The van der Waals surface area contributed by atoms with Crippen LogP contribution in [0.3, 0.4) is 0 Å². The molecule has 0 aliphatic heterocycles. The van der Waals surface area contributed by atoms with Gasteiger partial charge in [0.25, 0.3) is 0 Å². The predicted molar refractivity (Wildman–Crippen MR) is 24.3 cm³/mol. The molecule has 2 heteroatoms. The number of hydrogen-bond acceptors (Lipinski definition) is 1. The average Bonchev–Trinajstić information content (AvgIpc) is 1.37. The maximum atomic E-state index is 9.17. The van der Waals surface area contributed by atoms with E-state index in [4.69, 9.17) is 0 Å². The van der Waals surface area contributed by atoms with E-state index in [1.54, 1.807) is 0 Å². The van der Waals surface area contributed by atoms with Crippen LogP contribution in [0.15, 0.2) is 0 Å². The van der Waals surface area contributed by atoms with Gasteiger partial charge in [-0.05, 0) is 0 Å². The summed E-state index contributed by atoms with van der Waals surface area (Å²) in [6.07, 6.45) is 1.51. The van der Waals surface area contributed by atoms with E-state index >= 15 is 0 Å². The SMILES string of the molecule is CCC=O.[H-].[H-].[Sr+2]. The first-order chi connectivity index (χ1) is 1.91. The van der Waals surface area contributed by atoms with Crippen LogP contribution in [0.2, 0.25) is 0 Å². The van der Waals surface area contributed by atoms with E-state index in [0.29, 0.717) is 6.42 Å². The third kappa shape index (κ3) is 11.1. The molecule has 1 nitrogen and oxygen atoms in total. The molecular formula is C3H8OSr. The first kappa shape index (κ1) is 9.47. The van der Waals surface area contributed by atoms with Gasteiger partial charge in [-0.3, -0.25) is 0 Å². The van der Waals surface area contributed by atoms with E-state index in [2.05, 4.69) is 0 Å². The molecule has 0 atom stereocenters. The van der Waals surface area contributed by atoms with Crippen LogP contribution in [-0.2, 0) is 4.79 Å². The molecule has 0 saturated carbocycles. The molecule has 0 amide bonds. The number of hydrogen-bond donors (Lipinski definition) is 0. The third-order valence-electron chi connectivity index (χ3n) is 0.167. The minimum Gasteiger partial charge on any atom is -1.00 e. The van der Waals surface area contributed by atoms with Gasteiger partial charge in [-0.2, -0.15) is 0 Å². The molecule has 0 radical (unpaired) electrons. The van der Waals surface area contributed by atoms with Crippen molar-refractivity contribution in [3.05, 3.63) is 0 Å². The Morgan fingerprint density at radius 3 is 2.20 bits per heavy atom. The number of carbonyl (C=O) groups is 1. The Hall–Kier alpha value is 1.15. The number of carbonyl (C=O) groups excluding carboxylic acids is 1. The zero-order valence-corrected chi connectivity index (χ0v) is 6.88. The van der Waals surface area contributed by atoms with Crippen LogP contribution < -0.4 is 0 Å². The van der Waals surface area contributed by atoms with Crippen LogP contribution in [0.5, 0.6) is 0 Å². The van der Waals surface area contributed by atoms with Gasteiger partial charge in [-0.1, -0.05) is 6.92 Å². The standard InChI is InChI=1S/C3H6O.Sr.2H/c1-2-3-4;;;/h3H,2H2,1H3;;;/q;+2;2*-1. The molecule has 0 fully saturated rings. The monoisotopic (exact) mass is 148 g/mol. The van der Waals surface area contributed by atoms with Gasteiger partial charge in [-0.25, -0.2) is 0 Å². The summed E-state index contributed by atoms with van der Waals surface area (Å²) < 4.78 is 0. The zero-order valence-electron chi connectivity index (χ0n) is 5.40. The van der Waals surface area contributed by atoms with Crippen molar-refractivity contribution in [3.8, 4) is 0 Å². The van der Waals surface area contributed by atoms with Crippen LogP contribution >= 0.6 is 0 Å². The molecule has 0 heterocycles. The maximum absolute atomic E-state index is 9.17. The van der Waals surface area contributed by atoms with Gasteiger partial charge in [-0.15, -0.1) is 0 Å². The van der Waals surface area contributed by atoms with E-state index in [1.807, 2.05) is 6.92 Å². The van der Waals surface area contributed by atoms with Gasteiger partial charge in [0, 0.05) is 6.42 Å². The topological polar surface area (TPSA) is 17.1 Å². The van der Waals surface area contributed by atoms with Gasteiger partial charge in [0.2, 0.25) is 0 Å². The first-order valence-corrected chi connectivity index (χ1v) is 1.35. The Bertz CT molecular complexity index is 26.9. The van der Waals surface area contributed by atoms with Gasteiger partial charge in [0.15, 0.2) is 0 Å². The van der Waals surface area contributed by atoms with E-state index < -0.39 is 0 Å². The van der Waals surface area contributed by atoms with Gasteiger partial charge >= 0.3 is 45.5 Å². The van der Waals surface area contributed by atoms with Crippen LogP contribution in [0, 0.1) is 0 Å². The third-order valence-corrected chi connectivity index (χ3v) is 0.167. The smallest absolute Gasteiger partial charge is 1.00 e. The molecule has 0 unspecified atom stereocenters. The number of rotatable bonds is 1. The van der Waals surface area contributed by atoms with Crippen LogP contribution in [0.25, 0.3) is 0 Å². The molecule has 0 aromatic rings. The van der Waals surface area contributed by atoms with Crippen molar-refractivity contribution in [2.45, 2.75) is 13.3 Å². The van der Waals surface area contributed by atoms with Crippen molar-refractivity contribution in [1.29, 1.82) is 0 Å². The summed E-state index contributed by atoms with van der Waals surface area (Å²) in [5, 5.41) is 0. The first-order valence-electron chi connectivity index (χ1n) is 1.35. The predicted octanol–water partition coefficient (Wildman–Crippen LogP) is 0.440.